The first kappa shape index (κ1) is 7.67. The summed E-state index contributed by atoms with van der Waals surface area (Å²) in [7, 11) is 0. The standard InChI is InChI=1S/C4H10IO4/c1-3-4(2)9-5(6,7)8-3/h3-4,6-7H,1-2H3/q-1. The van der Waals surface area contributed by atoms with Crippen LogP contribution in [0.5, 0.6) is 0 Å². The molecule has 1 heterocycles. The Morgan fingerprint density at radius 1 is 1.11 bits per heavy atom. The molecule has 5 heteroatoms. The van der Waals surface area contributed by atoms with E-state index < -0.39 is 20.1 Å². The molecule has 58 valence electrons. The predicted octanol–water partition coefficient (Wildman–Crippen LogP) is -3.38. The van der Waals surface area contributed by atoms with Crippen LogP contribution in [0.2, 0.25) is 0 Å². The van der Waals surface area contributed by atoms with Crippen LogP contribution in [-0.4, -0.2) is 19.1 Å². The van der Waals surface area contributed by atoms with Crippen molar-refractivity contribution < 1.29 is 33.1 Å². The second-order valence-electron chi connectivity index (χ2n) is 2.00. The van der Waals surface area contributed by atoms with Gasteiger partial charge in [-0.1, -0.05) is 0 Å². The summed E-state index contributed by atoms with van der Waals surface area (Å²) in [5.74, 6) is 0. The SMILES string of the molecule is CC1O[I-](O)(O)OC1C. The van der Waals surface area contributed by atoms with Crippen molar-refractivity contribution in [1.82, 2.24) is 0 Å². The van der Waals surface area contributed by atoms with Crippen LogP contribution < -0.4 is 20.1 Å². The molecule has 1 aliphatic rings. The summed E-state index contributed by atoms with van der Waals surface area (Å²) in [5.41, 5.74) is 0. The Balaban J connectivity index is 2.54. The van der Waals surface area contributed by atoms with Gasteiger partial charge < -0.3 is 0 Å². The topological polar surface area (TPSA) is 58.9 Å². The maximum atomic E-state index is 8.83. The van der Waals surface area contributed by atoms with Crippen molar-refractivity contribution in [2.75, 3.05) is 0 Å². The van der Waals surface area contributed by atoms with Gasteiger partial charge in [0.05, 0.1) is 0 Å². The molecule has 4 nitrogen and oxygen atoms in total. The van der Waals surface area contributed by atoms with E-state index in [1.165, 1.54) is 0 Å². The summed E-state index contributed by atoms with van der Waals surface area (Å²) < 4.78 is 27.1. The van der Waals surface area contributed by atoms with Crippen molar-refractivity contribution in [2.45, 2.75) is 26.1 Å². The molecule has 0 amide bonds. The summed E-state index contributed by atoms with van der Waals surface area (Å²) in [5, 5.41) is 0. The third kappa shape index (κ3) is 1.74. The van der Waals surface area contributed by atoms with E-state index in [1.54, 1.807) is 13.8 Å². The van der Waals surface area contributed by atoms with Gasteiger partial charge in [0.2, 0.25) is 0 Å². The Kier molecular flexibility index (Phi) is 1.97. The summed E-state index contributed by atoms with van der Waals surface area (Å²) in [6, 6.07) is 0. The zero-order chi connectivity index (χ0) is 7.07. The molecular weight excluding hydrogens is 239 g/mol. The summed E-state index contributed by atoms with van der Waals surface area (Å²) in [6.07, 6.45) is -0.368. The van der Waals surface area contributed by atoms with Crippen LogP contribution in [0.3, 0.4) is 0 Å². The first-order chi connectivity index (χ1) is 4.01. The molecule has 0 saturated carbocycles. The van der Waals surface area contributed by atoms with E-state index in [9.17, 15) is 0 Å². The van der Waals surface area contributed by atoms with Crippen molar-refractivity contribution in [3.05, 3.63) is 0 Å². The van der Waals surface area contributed by atoms with E-state index in [2.05, 4.69) is 0 Å². The molecule has 2 N–H and O–H groups in total. The van der Waals surface area contributed by atoms with Gasteiger partial charge in [-0.2, -0.15) is 0 Å². The average Bonchev–Trinajstić information content (AvgIpc) is 1.79. The summed E-state index contributed by atoms with van der Waals surface area (Å²) in [4.78, 5) is 0. The van der Waals surface area contributed by atoms with Crippen LogP contribution in [-0.2, 0) is 6.13 Å². The van der Waals surface area contributed by atoms with E-state index in [-0.39, 0.29) is 12.2 Å². The molecule has 0 aliphatic carbocycles. The fourth-order valence-electron chi connectivity index (χ4n) is 0.532. The quantitative estimate of drug-likeness (QED) is 0.440. The molecule has 2 atom stereocenters. The van der Waals surface area contributed by atoms with Gasteiger partial charge >= 0.3 is 59.2 Å². The molecule has 1 fully saturated rings. The summed E-state index contributed by atoms with van der Waals surface area (Å²) in [6.45, 7) is 3.50. The van der Waals surface area contributed by atoms with E-state index in [4.69, 9.17) is 13.0 Å². The average molecular weight is 249 g/mol. The zero-order valence-corrected chi connectivity index (χ0v) is 7.40. The molecule has 9 heavy (non-hydrogen) atoms. The van der Waals surface area contributed by atoms with Crippen LogP contribution in [0.4, 0.5) is 0 Å². The van der Waals surface area contributed by atoms with Gasteiger partial charge in [-0.25, -0.2) is 0 Å². The van der Waals surface area contributed by atoms with Crippen molar-refractivity contribution >= 4 is 0 Å². The van der Waals surface area contributed by atoms with Crippen molar-refractivity contribution in [3.63, 3.8) is 0 Å². The van der Waals surface area contributed by atoms with Crippen LogP contribution in [0.25, 0.3) is 0 Å². The monoisotopic (exact) mass is 249 g/mol. The zero-order valence-electron chi connectivity index (χ0n) is 5.24. The molecule has 2 unspecified atom stereocenters. The molecule has 0 aromatic heterocycles. The molecule has 0 aromatic carbocycles. The van der Waals surface area contributed by atoms with Gasteiger partial charge in [-0.05, 0) is 0 Å². The fraction of sp³-hybridized carbons (Fsp3) is 1.00. The first-order valence-electron chi connectivity index (χ1n) is 2.61. The maximum absolute atomic E-state index is 8.83. The summed E-state index contributed by atoms with van der Waals surface area (Å²) >= 11 is -4.05. The first-order valence-corrected chi connectivity index (χ1v) is 6.30. The number of rotatable bonds is 0. The number of hydrogen-bond donors (Lipinski definition) is 2. The third-order valence-electron chi connectivity index (χ3n) is 1.17. The normalized spacial score (nSPS) is 44.9. The van der Waals surface area contributed by atoms with Crippen molar-refractivity contribution in [2.24, 2.45) is 0 Å². The van der Waals surface area contributed by atoms with Crippen LogP contribution in [0.1, 0.15) is 13.8 Å². The molecule has 1 aliphatic heterocycles. The minimum atomic E-state index is -4.05. The minimum absolute atomic E-state index is 0.184. The van der Waals surface area contributed by atoms with Crippen LogP contribution in [0, 0.1) is 0 Å². The van der Waals surface area contributed by atoms with E-state index >= 15 is 0 Å². The van der Waals surface area contributed by atoms with Gasteiger partial charge in [0.15, 0.2) is 0 Å². The Morgan fingerprint density at radius 3 is 1.56 bits per heavy atom. The molecule has 0 aromatic rings. The molecular formula is C4H10IO4-. The Morgan fingerprint density at radius 2 is 1.44 bits per heavy atom. The Labute approximate surface area is 59.5 Å². The second-order valence-corrected chi connectivity index (χ2v) is 5.39. The molecule has 0 radical (unpaired) electrons. The van der Waals surface area contributed by atoms with Crippen molar-refractivity contribution in [3.8, 4) is 0 Å². The Bertz CT molecular complexity index is 103. The third-order valence-corrected chi connectivity index (χ3v) is 4.10. The van der Waals surface area contributed by atoms with E-state index in [0.29, 0.717) is 0 Å². The van der Waals surface area contributed by atoms with Crippen molar-refractivity contribution in [1.29, 1.82) is 0 Å². The van der Waals surface area contributed by atoms with Gasteiger partial charge in [-0.3, -0.25) is 0 Å². The fourth-order valence-corrected chi connectivity index (χ4v) is 3.57. The Hall–Kier alpha value is 0.570. The molecule has 1 rings (SSSR count). The number of hydrogen-bond acceptors (Lipinski definition) is 4. The second kappa shape index (κ2) is 2.31. The van der Waals surface area contributed by atoms with Gasteiger partial charge in [0.1, 0.15) is 0 Å². The van der Waals surface area contributed by atoms with E-state index in [0.717, 1.165) is 0 Å². The van der Waals surface area contributed by atoms with Gasteiger partial charge in [0, 0.05) is 0 Å². The number of halogens is 1. The molecule has 0 spiro atoms. The van der Waals surface area contributed by atoms with Gasteiger partial charge in [0.25, 0.3) is 0 Å². The van der Waals surface area contributed by atoms with Gasteiger partial charge in [-0.15, -0.1) is 0 Å². The van der Waals surface area contributed by atoms with Crippen LogP contribution in [0.15, 0.2) is 0 Å². The predicted molar refractivity (Wildman–Crippen MR) is 25.5 cm³/mol. The van der Waals surface area contributed by atoms with Crippen LogP contribution >= 0.6 is 0 Å². The molecule has 1 saturated heterocycles. The molecule has 0 bridgehead atoms. The van der Waals surface area contributed by atoms with E-state index in [1.807, 2.05) is 0 Å².